The van der Waals surface area contributed by atoms with Crippen LogP contribution in [0.4, 0.5) is 5.82 Å². The van der Waals surface area contributed by atoms with Crippen LogP contribution >= 0.6 is 0 Å². The predicted molar refractivity (Wildman–Crippen MR) is 148 cm³/mol. The molecule has 196 valence electrons. The molecular weight excluding hydrogens is 490 g/mol. The minimum absolute atomic E-state index is 0.123. The first-order valence-electron chi connectivity index (χ1n) is 13.3. The van der Waals surface area contributed by atoms with E-state index < -0.39 is 0 Å². The summed E-state index contributed by atoms with van der Waals surface area (Å²) in [6.45, 7) is 2.65. The minimum Gasteiger partial charge on any atom is -0.457 e. The molecule has 1 aliphatic heterocycles. The fourth-order valence-electron chi connectivity index (χ4n) is 5.31. The maximum Gasteiger partial charge on any atom is 0.264 e. The average Bonchev–Trinajstić information content (AvgIpc) is 3.49. The molecule has 1 amide bonds. The zero-order valence-electron chi connectivity index (χ0n) is 21.7. The van der Waals surface area contributed by atoms with Gasteiger partial charge in [-0.25, -0.2) is 14.6 Å². The standard InChI is InChI=1S/C30H29N7O2/c1-19(25-8-5-15-36(25)30(38)22(17-31)16-20-9-10-20)37-29-26(28(32)33-18-34-29)27(35-37)21-11-13-24(14-12-21)39-23-6-3-2-4-7-23/h2-4,6-7,11-14,16,18-20,25H,5,8-10,15H2,1H3,(H2,32,33,34)/b22-16+. The molecule has 0 radical (unpaired) electrons. The van der Waals surface area contributed by atoms with Crippen molar-refractivity contribution < 1.29 is 9.53 Å². The van der Waals surface area contributed by atoms with Crippen molar-refractivity contribution >= 4 is 22.8 Å². The summed E-state index contributed by atoms with van der Waals surface area (Å²) in [7, 11) is 0. The second kappa shape index (κ2) is 10.2. The van der Waals surface area contributed by atoms with Crippen molar-refractivity contribution in [3.05, 3.63) is 72.6 Å². The largest absolute Gasteiger partial charge is 0.457 e. The molecule has 39 heavy (non-hydrogen) atoms. The van der Waals surface area contributed by atoms with Crippen molar-refractivity contribution in [2.24, 2.45) is 5.92 Å². The number of carbonyl (C=O) groups is 1. The number of nitrogens with zero attached hydrogens (tertiary/aromatic N) is 6. The number of fused-ring (bicyclic) bond motifs is 1. The van der Waals surface area contributed by atoms with Crippen LogP contribution in [0.15, 0.2) is 72.6 Å². The molecule has 6 rings (SSSR count). The van der Waals surface area contributed by atoms with Crippen LogP contribution in [0.1, 0.15) is 38.6 Å². The van der Waals surface area contributed by atoms with Gasteiger partial charge in [0.1, 0.15) is 41.0 Å². The molecule has 9 heteroatoms. The third kappa shape index (κ3) is 4.81. The van der Waals surface area contributed by atoms with Gasteiger partial charge in [-0.3, -0.25) is 4.79 Å². The quantitative estimate of drug-likeness (QED) is 0.260. The number of amides is 1. The lowest BCUT2D eigenvalue weighted by Crippen LogP contribution is -2.41. The van der Waals surface area contributed by atoms with E-state index in [1.807, 2.05) is 77.2 Å². The summed E-state index contributed by atoms with van der Waals surface area (Å²) in [5.41, 5.74) is 8.72. The normalized spacial score (nSPS) is 18.2. The molecule has 2 N–H and O–H groups in total. The van der Waals surface area contributed by atoms with Gasteiger partial charge >= 0.3 is 0 Å². The number of nitriles is 1. The zero-order valence-corrected chi connectivity index (χ0v) is 21.7. The number of aromatic nitrogens is 4. The number of carbonyl (C=O) groups excluding carboxylic acids is 1. The van der Waals surface area contributed by atoms with E-state index in [4.69, 9.17) is 15.6 Å². The topological polar surface area (TPSA) is 123 Å². The number of rotatable bonds is 7. The van der Waals surface area contributed by atoms with Crippen molar-refractivity contribution in [3.8, 4) is 28.8 Å². The highest BCUT2D eigenvalue weighted by Gasteiger charge is 2.37. The monoisotopic (exact) mass is 519 g/mol. The number of ether oxygens (including phenoxy) is 1. The lowest BCUT2D eigenvalue weighted by molar-refractivity contribution is -0.128. The number of allylic oxidation sites excluding steroid dienone is 1. The lowest BCUT2D eigenvalue weighted by Gasteiger charge is -2.29. The molecule has 2 unspecified atom stereocenters. The molecule has 2 fully saturated rings. The van der Waals surface area contributed by atoms with Crippen molar-refractivity contribution in [3.63, 3.8) is 0 Å². The summed E-state index contributed by atoms with van der Waals surface area (Å²) in [5.74, 6) is 1.96. The molecule has 1 saturated carbocycles. The first kappa shape index (κ1) is 24.6. The number of hydrogen-bond donors (Lipinski definition) is 1. The number of nitrogens with two attached hydrogens (primary N) is 1. The second-order valence-corrected chi connectivity index (χ2v) is 10.2. The van der Waals surface area contributed by atoms with Gasteiger partial charge in [-0.15, -0.1) is 0 Å². The Morgan fingerprint density at radius 3 is 2.56 bits per heavy atom. The Bertz CT molecular complexity index is 1580. The molecule has 1 saturated heterocycles. The highest BCUT2D eigenvalue weighted by molar-refractivity contribution is 5.99. The van der Waals surface area contributed by atoms with Gasteiger partial charge in [0.15, 0.2) is 5.65 Å². The number of hydrogen-bond acceptors (Lipinski definition) is 7. The first-order valence-corrected chi connectivity index (χ1v) is 13.3. The maximum atomic E-state index is 13.3. The Morgan fingerprint density at radius 1 is 1.10 bits per heavy atom. The smallest absolute Gasteiger partial charge is 0.264 e. The summed E-state index contributed by atoms with van der Waals surface area (Å²) in [6.07, 6.45) is 7.05. The average molecular weight is 520 g/mol. The molecule has 3 heterocycles. The van der Waals surface area contributed by atoms with E-state index in [9.17, 15) is 10.1 Å². The van der Waals surface area contributed by atoms with Crippen LogP contribution in [-0.2, 0) is 4.79 Å². The fraction of sp³-hybridized carbons (Fsp3) is 0.300. The summed E-state index contributed by atoms with van der Waals surface area (Å²) in [5, 5.41) is 15.3. The number of para-hydroxylation sites is 1. The Labute approximate surface area is 226 Å². The van der Waals surface area contributed by atoms with E-state index in [2.05, 4.69) is 16.0 Å². The van der Waals surface area contributed by atoms with Gasteiger partial charge in [-0.05, 0) is 74.9 Å². The van der Waals surface area contributed by atoms with Crippen LogP contribution in [0.3, 0.4) is 0 Å². The first-order chi connectivity index (χ1) is 19.0. The van der Waals surface area contributed by atoms with E-state index >= 15 is 0 Å². The van der Waals surface area contributed by atoms with Gasteiger partial charge in [-0.1, -0.05) is 24.3 Å². The third-order valence-electron chi connectivity index (χ3n) is 7.50. The zero-order chi connectivity index (χ0) is 26.9. The third-order valence-corrected chi connectivity index (χ3v) is 7.50. The van der Waals surface area contributed by atoms with Crippen LogP contribution in [0.25, 0.3) is 22.3 Å². The van der Waals surface area contributed by atoms with E-state index in [1.54, 1.807) is 0 Å². The van der Waals surface area contributed by atoms with Crippen LogP contribution in [0.5, 0.6) is 11.5 Å². The van der Waals surface area contributed by atoms with E-state index in [1.165, 1.54) is 6.33 Å². The van der Waals surface area contributed by atoms with Crippen LogP contribution < -0.4 is 10.5 Å². The SMILES string of the molecule is CC(C1CCCN1C(=O)/C(C#N)=C/C1CC1)n1nc(-c2ccc(Oc3ccccc3)cc2)c2c(N)ncnc21. The second-order valence-electron chi connectivity index (χ2n) is 10.2. The van der Waals surface area contributed by atoms with Gasteiger partial charge in [-0.2, -0.15) is 10.4 Å². The van der Waals surface area contributed by atoms with Gasteiger partial charge < -0.3 is 15.4 Å². The van der Waals surface area contributed by atoms with Crippen molar-refractivity contribution in [2.45, 2.75) is 44.7 Å². The molecule has 9 nitrogen and oxygen atoms in total. The summed E-state index contributed by atoms with van der Waals surface area (Å²) < 4.78 is 7.79. The van der Waals surface area contributed by atoms with Crippen LogP contribution in [-0.4, -0.2) is 43.1 Å². The number of benzene rings is 2. The Balaban J connectivity index is 1.32. The van der Waals surface area contributed by atoms with Crippen LogP contribution in [0.2, 0.25) is 0 Å². The highest BCUT2D eigenvalue weighted by Crippen LogP contribution is 2.37. The minimum atomic E-state index is -0.196. The number of nitrogen functional groups attached to an aromatic ring is 1. The number of likely N-dealkylation sites (tertiary alicyclic amines) is 1. The molecule has 2 atom stereocenters. The van der Waals surface area contributed by atoms with Gasteiger partial charge in [0.2, 0.25) is 0 Å². The molecule has 4 aromatic rings. The Kier molecular flexibility index (Phi) is 6.45. The molecule has 2 aromatic heterocycles. The molecule has 2 aliphatic rings. The van der Waals surface area contributed by atoms with Crippen molar-refractivity contribution in [1.29, 1.82) is 5.26 Å². The predicted octanol–water partition coefficient (Wildman–Crippen LogP) is 5.28. The maximum absolute atomic E-state index is 13.3. The van der Waals surface area contributed by atoms with Gasteiger partial charge in [0.25, 0.3) is 5.91 Å². The summed E-state index contributed by atoms with van der Waals surface area (Å²) in [4.78, 5) is 23.9. The number of anilines is 1. The Morgan fingerprint density at radius 2 is 1.85 bits per heavy atom. The molecule has 0 spiro atoms. The fourth-order valence-corrected chi connectivity index (χ4v) is 5.31. The van der Waals surface area contributed by atoms with E-state index in [0.29, 0.717) is 40.8 Å². The summed E-state index contributed by atoms with van der Waals surface area (Å²) >= 11 is 0. The summed E-state index contributed by atoms with van der Waals surface area (Å²) in [6, 6.07) is 19.1. The van der Waals surface area contributed by atoms with Crippen LogP contribution in [0, 0.1) is 17.2 Å². The van der Waals surface area contributed by atoms with Crippen molar-refractivity contribution in [1.82, 2.24) is 24.6 Å². The molecule has 0 bridgehead atoms. The van der Waals surface area contributed by atoms with E-state index in [-0.39, 0.29) is 23.6 Å². The molecular formula is C30H29N7O2. The van der Waals surface area contributed by atoms with Crippen molar-refractivity contribution in [2.75, 3.05) is 12.3 Å². The van der Waals surface area contributed by atoms with Gasteiger partial charge in [0.05, 0.1) is 17.5 Å². The Hall–Kier alpha value is -4.71. The molecule has 2 aromatic carbocycles. The van der Waals surface area contributed by atoms with Gasteiger partial charge in [0, 0.05) is 12.1 Å². The lowest BCUT2D eigenvalue weighted by atomic mass is 10.1. The molecule has 1 aliphatic carbocycles. The van der Waals surface area contributed by atoms with E-state index in [0.717, 1.165) is 37.0 Å². The highest BCUT2D eigenvalue weighted by atomic mass is 16.5.